The van der Waals surface area contributed by atoms with E-state index in [-0.39, 0.29) is 11.8 Å². The van der Waals surface area contributed by atoms with Crippen molar-refractivity contribution in [2.75, 3.05) is 19.5 Å². The van der Waals surface area contributed by atoms with Crippen LogP contribution in [0.25, 0.3) is 0 Å². The molecule has 0 aliphatic heterocycles. The number of anilines is 1. The van der Waals surface area contributed by atoms with Crippen molar-refractivity contribution >= 4 is 34.8 Å². The van der Waals surface area contributed by atoms with Gasteiger partial charge in [-0.05, 0) is 25.0 Å². The SMILES string of the molecule is COc1cc(C)c(NC(=O)C2CC2(Cl)Cl)cc1OC. The maximum absolute atomic E-state index is 11.9. The molecule has 0 saturated heterocycles. The molecule has 0 spiro atoms. The van der Waals surface area contributed by atoms with Crippen LogP contribution in [0.15, 0.2) is 12.1 Å². The highest BCUT2D eigenvalue weighted by molar-refractivity contribution is 6.52. The predicted octanol–water partition coefficient (Wildman–Crippen LogP) is 3.14. The van der Waals surface area contributed by atoms with Gasteiger partial charge < -0.3 is 14.8 Å². The van der Waals surface area contributed by atoms with Gasteiger partial charge in [-0.2, -0.15) is 0 Å². The van der Waals surface area contributed by atoms with Gasteiger partial charge in [0.25, 0.3) is 0 Å². The Morgan fingerprint density at radius 3 is 2.32 bits per heavy atom. The maximum atomic E-state index is 11.9. The fraction of sp³-hybridized carbons (Fsp3) is 0.462. The Bertz CT molecular complexity index is 517. The zero-order valence-corrected chi connectivity index (χ0v) is 12.4. The van der Waals surface area contributed by atoms with Gasteiger partial charge in [0.1, 0.15) is 4.33 Å². The highest BCUT2D eigenvalue weighted by atomic mass is 35.5. The van der Waals surface area contributed by atoms with Gasteiger partial charge in [-0.1, -0.05) is 0 Å². The number of hydrogen-bond donors (Lipinski definition) is 1. The number of carbonyl (C=O) groups excluding carboxylic acids is 1. The minimum absolute atomic E-state index is 0.180. The Morgan fingerprint density at radius 2 is 1.84 bits per heavy atom. The summed E-state index contributed by atoms with van der Waals surface area (Å²) in [6, 6.07) is 3.52. The molecule has 1 atom stereocenters. The molecule has 1 aromatic carbocycles. The zero-order valence-electron chi connectivity index (χ0n) is 10.9. The fourth-order valence-corrected chi connectivity index (χ4v) is 2.34. The predicted molar refractivity (Wildman–Crippen MR) is 75.5 cm³/mol. The van der Waals surface area contributed by atoms with E-state index in [4.69, 9.17) is 32.7 Å². The zero-order chi connectivity index (χ0) is 14.2. The third-order valence-electron chi connectivity index (χ3n) is 3.13. The van der Waals surface area contributed by atoms with Gasteiger partial charge in [0, 0.05) is 11.8 Å². The lowest BCUT2D eigenvalue weighted by Crippen LogP contribution is -2.17. The molecule has 0 bridgehead atoms. The van der Waals surface area contributed by atoms with Gasteiger partial charge >= 0.3 is 0 Å². The van der Waals surface area contributed by atoms with E-state index in [1.54, 1.807) is 26.4 Å². The molecule has 1 aliphatic rings. The van der Waals surface area contributed by atoms with Crippen LogP contribution >= 0.6 is 23.2 Å². The molecule has 6 heteroatoms. The second-order valence-corrected chi connectivity index (χ2v) is 6.07. The van der Waals surface area contributed by atoms with E-state index in [1.165, 1.54) is 0 Å². The molecular weight excluding hydrogens is 289 g/mol. The highest BCUT2D eigenvalue weighted by Crippen LogP contribution is 2.53. The first-order valence-electron chi connectivity index (χ1n) is 5.80. The van der Waals surface area contributed by atoms with Crippen LogP contribution in [0.5, 0.6) is 11.5 Å². The summed E-state index contributed by atoms with van der Waals surface area (Å²) in [6.07, 6.45) is 0.480. The van der Waals surface area contributed by atoms with Crippen LogP contribution in [-0.2, 0) is 4.79 Å². The number of benzene rings is 1. The second-order valence-electron chi connectivity index (χ2n) is 4.53. The summed E-state index contributed by atoms with van der Waals surface area (Å²) >= 11 is 11.7. The molecule has 1 aliphatic carbocycles. The quantitative estimate of drug-likeness (QED) is 0.869. The van der Waals surface area contributed by atoms with Crippen LogP contribution in [0.3, 0.4) is 0 Å². The number of amides is 1. The van der Waals surface area contributed by atoms with E-state index >= 15 is 0 Å². The molecule has 0 radical (unpaired) electrons. The highest BCUT2D eigenvalue weighted by Gasteiger charge is 2.56. The van der Waals surface area contributed by atoms with Crippen LogP contribution in [0.1, 0.15) is 12.0 Å². The molecule has 1 fully saturated rings. The van der Waals surface area contributed by atoms with Crippen molar-refractivity contribution in [1.29, 1.82) is 0 Å². The first-order valence-corrected chi connectivity index (χ1v) is 6.56. The van der Waals surface area contributed by atoms with Crippen LogP contribution in [0, 0.1) is 12.8 Å². The van der Waals surface area contributed by atoms with E-state index in [9.17, 15) is 4.79 Å². The topological polar surface area (TPSA) is 47.6 Å². The van der Waals surface area contributed by atoms with E-state index in [2.05, 4.69) is 5.32 Å². The van der Waals surface area contributed by atoms with Crippen LogP contribution in [-0.4, -0.2) is 24.5 Å². The van der Waals surface area contributed by atoms with Gasteiger partial charge in [0.15, 0.2) is 11.5 Å². The fourth-order valence-electron chi connectivity index (χ4n) is 1.83. The minimum atomic E-state index is -0.922. The van der Waals surface area contributed by atoms with Gasteiger partial charge in [0.05, 0.1) is 20.1 Å². The van der Waals surface area contributed by atoms with Crippen LogP contribution in [0.2, 0.25) is 0 Å². The van der Waals surface area contributed by atoms with Gasteiger partial charge in [-0.15, -0.1) is 23.2 Å². The number of aryl methyl sites for hydroxylation is 1. The molecule has 0 heterocycles. The number of nitrogens with one attached hydrogen (secondary N) is 1. The number of halogens is 2. The van der Waals surface area contributed by atoms with Crippen LogP contribution < -0.4 is 14.8 Å². The molecule has 0 aromatic heterocycles. The minimum Gasteiger partial charge on any atom is -0.493 e. The Balaban J connectivity index is 2.19. The number of alkyl halides is 2. The molecule has 19 heavy (non-hydrogen) atoms. The second kappa shape index (κ2) is 5.10. The largest absolute Gasteiger partial charge is 0.493 e. The number of carbonyl (C=O) groups is 1. The van der Waals surface area contributed by atoms with E-state index in [0.717, 1.165) is 5.56 Å². The number of hydrogen-bond acceptors (Lipinski definition) is 3. The van der Waals surface area contributed by atoms with Crippen LogP contribution in [0.4, 0.5) is 5.69 Å². The van der Waals surface area contributed by atoms with Crippen molar-refractivity contribution in [3.8, 4) is 11.5 Å². The monoisotopic (exact) mass is 303 g/mol. The Kier molecular flexibility index (Phi) is 3.83. The van der Waals surface area contributed by atoms with Gasteiger partial charge in [0.2, 0.25) is 5.91 Å². The Morgan fingerprint density at radius 1 is 1.32 bits per heavy atom. The summed E-state index contributed by atoms with van der Waals surface area (Å²) in [7, 11) is 3.11. The molecule has 1 N–H and O–H groups in total. The lowest BCUT2D eigenvalue weighted by atomic mass is 10.1. The first-order chi connectivity index (χ1) is 8.89. The van der Waals surface area contributed by atoms with Crippen molar-refractivity contribution < 1.29 is 14.3 Å². The molecule has 104 valence electrons. The number of ether oxygens (including phenoxy) is 2. The molecule has 2 rings (SSSR count). The molecular formula is C13H15Cl2NO3. The summed E-state index contributed by atoms with van der Waals surface area (Å²) in [6.45, 7) is 1.87. The first kappa shape index (κ1) is 14.3. The number of methoxy groups -OCH3 is 2. The van der Waals surface area contributed by atoms with Crippen molar-refractivity contribution in [2.45, 2.75) is 17.7 Å². The number of rotatable bonds is 4. The summed E-state index contributed by atoms with van der Waals surface area (Å²) in [5, 5.41) is 2.81. The third kappa shape index (κ3) is 2.90. The van der Waals surface area contributed by atoms with Crippen molar-refractivity contribution in [2.24, 2.45) is 5.92 Å². The maximum Gasteiger partial charge on any atom is 0.230 e. The molecule has 1 aromatic rings. The summed E-state index contributed by atoms with van der Waals surface area (Å²) in [5.41, 5.74) is 1.54. The average molecular weight is 304 g/mol. The normalized spacial score (nSPS) is 19.7. The molecule has 1 unspecified atom stereocenters. The van der Waals surface area contributed by atoms with E-state index < -0.39 is 4.33 Å². The average Bonchev–Trinajstić information content (AvgIpc) is 3.00. The van der Waals surface area contributed by atoms with Gasteiger partial charge in [-0.25, -0.2) is 0 Å². The molecule has 4 nitrogen and oxygen atoms in total. The Labute approximate surface area is 122 Å². The van der Waals surface area contributed by atoms with Crippen molar-refractivity contribution in [1.82, 2.24) is 0 Å². The summed E-state index contributed by atoms with van der Waals surface area (Å²) in [5.74, 6) is 0.638. The molecule has 1 amide bonds. The summed E-state index contributed by atoms with van der Waals surface area (Å²) < 4.78 is 9.47. The summed E-state index contributed by atoms with van der Waals surface area (Å²) in [4.78, 5) is 11.9. The van der Waals surface area contributed by atoms with Gasteiger partial charge in [-0.3, -0.25) is 4.79 Å². The van der Waals surface area contributed by atoms with E-state index in [0.29, 0.717) is 23.6 Å². The smallest absolute Gasteiger partial charge is 0.230 e. The van der Waals surface area contributed by atoms with Crippen molar-refractivity contribution in [3.05, 3.63) is 17.7 Å². The standard InChI is InChI=1S/C13H15Cl2NO3/c1-7-4-10(18-2)11(19-3)5-9(7)16-12(17)8-6-13(8,14)15/h4-5,8H,6H2,1-3H3,(H,16,17). The lowest BCUT2D eigenvalue weighted by Gasteiger charge is -2.13. The lowest BCUT2D eigenvalue weighted by molar-refractivity contribution is -0.117. The Hall–Kier alpha value is -1.13. The van der Waals surface area contributed by atoms with E-state index in [1.807, 2.05) is 6.92 Å². The third-order valence-corrected chi connectivity index (χ3v) is 3.97. The van der Waals surface area contributed by atoms with Crippen molar-refractivity contribution in [3.63, 3.8) is 0 Å². The molecule has 1 saturated carbocycles.